The van der Waals surface area contributed by atoms with E-state index in [0.717, 1.165) is 6.54 Å². The number of thiazole rings is 1. The molecule has 0 bridgehead atoms. The second kappa shape index (κ2) is 7.19. The van der Waals surface area contributed by atoms with Crippen molar-refractivity contribution in [3.8, 4) is 0 Å². The maximum Gasteiger partial charge on any atom is 0.0795 e. The summed E-state index contributed by atoms with van der Waals surface area (Å²) in [4.78, 5) is 4.55. The van der Waals surface area contributed by atoms with Gasteiger partial charge in [0.15, 0.2) is 0 Å². The highest BCUT2D eigenvalue weighted by Gasteiger charge is 2.24. The number of hydrogen-bond donors (Lipinski definition) is 1. The lowest BCUT2D eigenvalue weighted by Crippen LogP contribution is -2.25. The van der Waals surface area contributed by atoms with Crippen LogP contribution in [0.1, 0.15) is 61.4 Å². The van der Waals surface area contributed by atoms with Gasteiger partial charge >= 0.3 is 0 Å². The van der Waals surface area contributed by atoms with E-state index in [2.05, 4.69) is 46.9 Å². The Balaban J connectivity index is 1.77. The van der Waals surface area contributed by atoms with Crippen molar-refractivity contribution in [2.45, 2.75) is 51.0 Å². The molecule has 2 unspecified atom stereocenters. The Morgan fingerprint density at radius 3 is 3.10 bits per heavy atom. The summed E-state index contributed by atoms with van der Waals surface area (Å²) < 4.78 is 0. The number of nitrogens with zero attached hydrogens (tertiary/aromatic N) is 1. The number of nitrogens with one attached hydrogen (secondary N) is 1. The molecular formula is C18H24N2S. The van der Waals surface area contributed by atoms with Gasteiger partial charge in [-0.05, 0) is 55.7 Å². The number of aromatic nitrogens is 1. The van der Waals surface area contributed by atoms with Gasteiger partial charge in [-0.15, -0.1) is 11.3 Å². The maximum absolute atomic E-state index is 4.55. The number of hydrogen-bond acceptors (Lipinski definition) is 3. The summed E-state index contributed by atoms with van der Waals surface area (Å²) in [5.74, 6) is 0.672. The van der Waals surface area contributed by atoms with Crippen LogP contribution >= 0.6 is 11.3 Å². The lowest BCUT2D eigenvalue weighted by atomic mass is 9.79. The van der Waals surface area contributed by atoms with Gasteiger partial charge in [0.05, 0.1) is 17.2 Å². The van der Waals surface area contributed by atoms with E-state index in [0.29, 0.717) is 12.0 Å². The third-order valence-electron chi connectivity index (χ3n) is 4.46. The highest BCUT2D eigenvalue weighted by atomic mass is 32.1. The van der Waals surface area contributed by atoms with Crippen LogP contribution in [0.4, 0.5) is 0 Å². The van der Waals surface area contributed by atoms with Gasteiger partial charge in [-0.25, -0.2) is 4.98 Å². The molecule has 0 fully saturated rings. The molecule has 0 amide bonds. The van der Waals surface area contributed by atoms with E-state index in [1.54, 1.807) is 22.5 Å². The molecule has 1 heterocycles. The van der Waals surface area contributed by atoms with Crippen molar-refractivity contribution in [3.05, 3.63) is 52.0 Å². The highest BCUT2D eigenvalue weighted by Crippen LogP contribution is 2.37. The van der Waals surface area contributed by atoms with Crippen molar-refractivity contribution in [2.75, 3.05) is 6.54 Å². The first kappa shape index (κ1) is 14.7. The summed E-state index contributed by atoms with van der Waals surface area (Å²) in [6, 6.07) is 9.39. The van der Waals surface area contributed by atoms with Crippen LogP contribution in [0.25, 0.3) is 0 Å². The van der Waals surface area contributed by atoms with E-state index < -0.39 is 0 Å². The molecule has 1 aromatic heterocycles. The Hall–Kier alpha value is -1.19. The van der Waals surface area contributed by atoms with Gasteiger partial charge in [-0.1, -0.05) is 31.2 Å². The molecule has 1 aliphatic rings. The van der Waals surface area contributed by atoms with Gasteiger partial charge in [0.25, 0.3) is 0 Å². The first-order valence-corrected chi connectivity index (χ1v) is 9.02. The Morgan fingerprint density at radius 1 is 1.38 bits per heavy atom. The van der Waals surface area contributed by atoms with Gasteiger partial charge in [-0.2, -0.15) is 0 Å². The minimum Gasteiger partial charge on any atom is -0.309 e. The molecule has 112 valence electrons. The van der Waals surface area contributed by atoms with Crippen molar-refractivity contribution in [1.82, 2.24) is 10.3 Å². The Kier molecular flexibility index (Phi) is 5.04. The van der Waals surface area contributed by atoms with Gasteiger partial charge in [0, 0.05) is 5.38 Å². The third kappa shape index (κ3) is 3.53. The predicted octanol–water partition coefficient (Wildman–Crippen LogP) is 4.69. The summed E-state index contributed by atoms with van der Waals surface area (Å²) >= 11 is 1.70. The zero-order chi connectivity index (χ0) is 14.5. The third-order valence-corrected chi connectivity index (χ3v) is 5.07. The standard InChI is InChI=1S/C18H24N2S/c1-2-10-19-17(18-12-21-13-20-18)11-15-8-5-7-14-6-3-4-9-16(14)15/h3-4,6,9,12-13,15,17,19H,2,5,7-8,10-11H2,1H3. The molecule has 0 aliphatic heterocycles. The van der Waals surface area contributed by atoms with Crippen LogP contribution in [0.3, 0.4) is 0 Å². The van der Waals surface area contributed by atoms with E-state index >= 15 is 0 Å². The molecule has 2 atom stereocenters. The van der Waals surface area contributed by atoms with Crippen LogP contribution in [0.15, 0.2) is 35.2 Å². The minimum atomic E-state index is 0.396. The van der Waals surface area contributed by atoms with Crippen molar-refractivity contribution in [3.63, 3.8) is 0 Å². The first-order valence-electron chi connectivity index (χ1n) is 8.07. The van der Waals surface area contributed by atoms with Gasteiger partial charge in [0.2, 0.25) is 0 Å². The Labute approximate surface area is 131 Å². The average molecular weight is 300 g/mol. The predicted molar refractivity (Wildman–Crippen MR) is 89.9 cm³/mol. The average Bonchev–Trinajstić information content (AvgIpc) is 3.06. The van der Waals surface area contributed by atoms with Crippen LogP contribution in [-0.4, -0.2) is 11.5 Å². The molecule has 0 saturated carbocycles. The van der Waals surface area contributed by atoms with Crippen LogP contribution in [0.2, 0.25) is 0 Å². The van der Waals surface area contributed by atoms with Crippen LogP contribution in [-0.2, 0) is 6.42 Å². The quantitative estimate of drug-likeness (QED) is 0.837. The number of rotatable bonds is 6. The molecular weight excluding hydrogens is 276 g/mol. The summed E-state index contributed by atoms with van der Waals surface area (Å²) in [6.07, 6.45) is 6.21. The second-order valence-electron chi connectivity index (χ2n) is 5.94. The Morgan fingerprint density at radius 2 is 2.29 bits per heavy atom. The van der Waals surface area contributed by atoms with Crippen LogP contribution < -0.4 is 5.32 Å². The van der Waals surface area contributed by atoms with Crippen LogP contribution in [0, 0.1) is 0 Å². The number of benzene rings is 1. The molecule has 1 aliphatic carbocycles. The fourth-order valence-electron chi connectivity index (χ4n) is 3.41. The molecule has 1 N–H and O–H groups in total. The highest BCUT2D eigenvalue weighted by molar-refractivity contribution is 7.07. The van der Waals surface area contributed by atoms with E-state index in [4.69, 9.17) is 0 Å². The topological polar surface area (TPSA) is 24.9 Å². The fraction of sp³-hybridized carbons (Fsp3) is 0.500. The minimum absolute atomic E-state index is 0.396. The SMILES string of the molecule is CCCNC(CC1CCCc2ccccc21)c1cscn1. The molecule has 21 heavy (non-hydrogen) atoms. The molecule has 3 heteroatoms. The second-order valence-corrected chi connectivity index (χ2v) is 6.66. The van der Waals surface area contributed by atoms with E-state index in [1.807, 2.05) is 5.51 Å². The van der Waals surface area contributed by atoms with Gasteiger partial charge in [-0.3, -0.25) is 0 Å². The van der Waals surface area contributed by atoms with E-state index in [9.17, 15) is 0 Å². The van der Waals surface area contributed by atoms with E-state index in [-0.39, 0.29) is 0 Å². The lowest BCUT2D eigenvalue weighted by molar-refractivity contribution is 0.415. The summed E-state index contributed by atoms with van der Waals surface area (Å²) in [7, 11) is 0. The fourth-order valence-corrected chi connectivity index (χ4v) is 4.01. The van der Waals surface area contributed by atoms with Crippen molar-refractivity contribution in [2.24, 2.45) is 0 Å². The van der Waals surface area contributed by atoms with Gasteiger partial charge < -0.3 is 5.32 Å². The molecule has 0 spiro atoms. The summed E-state index contributed by atoms with van der Waals surface area (Å²) in [6.45, 7) is 3.29. The first-order chi connectivity index (χ1) is 10.4. The van der Waals surface area contributed by atoms with Crippen molar-refractivity contribution in [1.29, 1.82) is 0 Å². The largest absolute Gasteiger partial charge is 0.309 e. The van der Waals surface area contributed by atoms with E-state index in [1.165, 1.54) is 37.8 Å². The molecule has 3 rings (SSSR count). The zero-order valence-electron chi connectivity index (χ0n) is 12.7. The monoisotopic (exact) mass is 300 g/mol. The summed E-state index contributed by atoms with van der Waals surface area (Å²) in [5.41, 5.74) is 6.30. The molecule has 2 nitrogen and oxygen atoms in total. The molecule has 2 aromatic rings. The molecule has 1 aromatic carbocycles. The van der Waals surface area contributed by atoms with Gasteiger partial charge in [0.1, 0.15) is 0 Å². The lowest BCUT2D eigenvalue weighted by Gasteiger charge is -2.29. The smallest absolute Gasteiger partial charge is 0.0795 e. The zero-order valence-corrected chi connectivity index (χ0v) is 13.5. The summed E-state index contributed by atoms with van der Waals surface area (Å²) in [5, 5.41) is 5.89. The van der Waals surface area contributed by atoms with Crippen molar-refractivity contribution < 1.29 is 0 Å². The normalized spacial score (nSPS) is 19.2. The number of fused-ring (bicyclic) bond motifs is 1. The number of aryl methyl sites for hydroxylation is 1. The molecule has 0 saturated heterocycles. The molecule has 0 radical (unpaired) electrons. The van der Waals surface area contributed by atoms with Crippen LogP contribution in [0.5, 0.6) is 0 Å². The Bertz CT molecular complexity index is 550. The van der Waals surface area contributed by atoms with Crippen molar-refractivity contribution >= 4 is 11.3 Å². The maximum atomic E-state index is 4.55.